The molecule has 1 aliphatic carbocycles. The Morgan fingerprint density at radius 2 is 1.62 bits per heavy atom. The first kappa shape index (κ1) is 23.3. The van der Waals surface area contributed by atoms with Gasteiger partial charge in [0, 0.05) is 33.4 Å². The van der Waals surface area contributed by atoms with Crippen molar-refractivity contribution in [1.82, 2.24) is 0 Å². The maximum atomic E-state index is 12.5. The van der Waals surface area contributed by atoms with Crippen molar-refractivity contribution in [2.24, 2.45) is 0 Å². The van der Waals surface area contributed by atoms with E-state index in [4.69, 9.17) is 14.2 Å². The molecule has 0 saturated heterocycles. The van der Waals surface area contributed by atoms with Crippen molar-refractivity contribution in [3.05, 3.63) is 108 Å². The summed E-state index contributed by atoms with van der Waals surface area (Å²) in [6.45, 7) is -0.133. The number of esters is 2. The highest BCUT2D eigenvalue weighted by molar-refractivity contribution is 7.50. The summed E-state index contributed by atoms with van der Waals surface area (Å²) < 4.78 is 18.7. The third-order valence-electron chi connectivity index (χ3n) is 6.79. The Morgan fingerprint density at radius 3 is 2.46 bits per heavy atom. The molecule has 1 heterocycles. The Bertz CT molecular complexity index is 1630. The van der Waals surface area contributed by atoms with Crippen LogP contribution >= 0.6 is 10.5 Å². The molecule has 0 N–H and O–H groups in total. The van der Waals surface area contributed by atoms with Crippen LogP contribution in [0.1, 0.15) is 34.0 Å². The molecule has 6 heteroatoms. The largest absolute Gasteiger partial charge is 0.482 e. The lowest BCUT2D eigenvalue weighted by Crippen LogP contribution is -2.17. The topological polar surface area (TPSA) is 61.8 Å². The maximum absolute atomic E-state index is 12.5. The second-order valence-electron chi connectivity index (χ2n) is 8.98. The molecule has 5 aromatic rings. The molecule has 0 bridgehead atoms. The van der Waals surface area contributed by atoms with E-state index in [2.05, 4.69) is 18.2 Å². The summed E-state index contributed by atoms with van der Waals surface area (Å²) in [5.74, 6) is -0.0955. The van der Waals surface area contributed by atoms with Gasteiger partial charge in [-0.15, -0.1) is 0 Å². The zero-order valence-electron chi connectivity index (χ0n) is 20.3. The number of ether oxygens (including phenoxy) is 3. The second kappa shape index (κ2) is 9.71. The molecule has 37 heavy (non-hydrogen) atoms. The zero-order valence-corrected chi connectivity index (χ0v) is 21.1. The average molecular weight is 510 g/mol. The van der Waals surface area contributed by atoms with Gasteiger partial charge in [-0.2, -0.15) is 0 Å². The minimum Gasteiger partial charge on any atom is -0.482 e. The van der Waals surface area contributed by atoms with Crippen molar-refractivity contribution < 1.29 is 23.8 Å². The number of aryl methyl sites for hydroxylation is 1. The van der Waals surface area contributed by atoms with Crippen LogP contribution < -0.4 is 4.74 Å². The molecular weight excluding hydrogens is 484 g/mol. The molecule has 0 spiro atoms. The summed E-state index contributed by atoms with van der Waals surface area (Å²) in [5, 5.41) is 2.18. The summed E-state index contributed by atoms with van der Waals surface area (Å²) in [7, 11) is 1.09. The molecule has 2 unspecified atom stereocenters. The van der Waals surface area contributed by atoms with Gasteiger partial charge in [0.05, 0.1) is 12.7 Å². The summed E-state index contributed by atoms with van der Waals surface area (Å²) in [6.07, 6.45) is 1.54. The number of hydrogen-bond donors (Lipinski definition) is 0. The molecular formula is C31H25O5S+. The standard InChI is InChI=1S/C31H25O5S/c1-34-31(33)21-11-17-29-26(18-21)25-8-4-5-9-28(25)37(29)23-14-12-22(13-15-23)35-19-30(32)36-27-16-10-20-6-2-3-7-24(20)27/h2-9,11-15,17-18,27H,10,16,19H2,1H3/q+1. The van der Waals surface area contributed by atoms with Crippen LogP contribution in [0, 0.1) is 0 Å². The molecule has 1 aliphatic rings. The summed E-state index contributed by atoms with van der Waals surface area (Å²) in [4.78, 5) is 25.7. The highest BCUT2D eigenvalue weighted by atomic mass is 32.2. The average Bonchev–Trinajstić information content (AvgIpc) is 3.50. The molecule has 5 nitrogen and oxygen atoms in total. The Morgan fingerprint density at radius 1 is 0.865 bits per heavy atom. The van der Waals surface area contributed by atoms with Crippen LogP contribution in [-0.2, 0) is 20.7 Å². The maximum Gasteiger partial charge on any atom is 0.344 e. The van der Waals surface area contributed by atoms with Gasteiger partial charge in [-0.25, -0.2) is 9.59 Å². The number of methoxy groups -OCH3 is 1. The molecule has 0 fully saturated rings. The van der Waals surface area contributed by atoms with E-state index in [1.807, 2.05) is 72.8 Å². The van der Waals surface area contributed by atoms with Crippen molar-refractivity contribution in [3.63, 3.8) is 0 Å². The van der Waals surface area contributed by atoms with Crippen molar-refractivity contribution >= 4 is 42.6 Å². The lowest BCUT2D eigenvalue weighted by atomic mass is 10.1. The second-order valence-corrected chi connectivity index (χ2v) is 10.9. The van der Waals surface area contributed by atoms with E-state index in [0.29, 0.717) is 11.3 Å². The van der Waals surface area contributed by atoms with Crippen LogP contribution in [0.2, 0.25) is 0 Å². The summed E-state index contributed by atoms with van der Waals surface area (Å²) in [6, 6.07) is 30.0. The van der Waals surface area contributed by atoms with Crippen LogP contribution in [0.25, 0.3) is 25.1 Å². The number of carbonyl (C=O) groups is 2. The van der Waals surface area contributed by atoms with Gasteiger partial charge in [0.1, 0.15) is 11.9 Å². The van der Waals surface area contributed by atoms with Gasteiger partial charge < -0.3 is 14.2 Å². The van der Waals surface area contributed by atoms with Gasteiger partial charge in [0.15, 0.2) is 20.9 Å². The van der Waals surface area contributed by atoms with Gasteiger partial charge in [-0.1, -0.05) is 36.4 Å². The van der Waals surface area contributed by atoms with E-state index in [1.54, 1.807) is 0 Å². The normalized spacial score (nSPS) is 14.9. The first-order valence-corrected chi connectivity index (χ1v) is 13.4. The lowest BCUT2D eigenvalue weighted by molar-refractivity contribution is -0.151. The van der Waals surface area contributed by atoms with E-state index < -0.39 is 0 Å². The van der Waals surface area contributed by atoms with E-state index in [9.17, 15) is 9.59 Å². The Kier molecular flexibility index (Phi) is 6.10. The number of carbonyl (C=O) groups excluding carboxylic acids is 2. The van der Waals surface area contributed by atoms with E-state index in [0.717, 1.165) is 34.1 Å². The van der Waals surface area contributed by atoms with Crippen molar-refractivity contribution in [3.8, 4) is 10.6 Å². The number of benzene rings is 4. The number of hydrogen-bond acceptors (Lipinski definition) is 5. The smallest absolute Gasteiger partial charge is 0.344 e. The molecule has 184 valence electrons. The first-order valence-electron chi connectivity index (χ1n) is 12.2. The fourth-order valence-corrected chi connectivity index (χ4v) is 7.41. The predicted molar refractivity (Wildman–Crippen MR) is 146 cm³/mol. The van der Waals surface area contributed by atoms with Gasteiger partial charge in [-0.3, -0.25) is 0 Å². The van der Waals surface area contributed by atoms with Crippen LogP contribution in [0.5, 0.6) is 5.75 Å². The number of fused-ring (bicyclic) bond motifs is 4. The highest BCUT2D eigenvalue weighted by Gasteiger charge is 2.26. The van der Waals surface area contributed by atoms with Gasteiger partial charge in [-0.05, 0) is 66.4 Å². The molecule has 4 aromatic carbocycles. The lowest BCUT2D eigenvalue weighted by Gasteiger charge is -2.13. The van der Waals surface area contributed by atoms with Crippen molar-refractivity contribution in [2.75, 3.05) is 13.7 Å². The number of thiophene rings is 1. The van der Waals surface area contributed by atoms with Crippen LogP contribution in [0.4, 0.5) is 0 Å². The fraction of sp³-hybridized carbons (Fsp3) is 0.161. The zero-order chi connectivity index (χ0) is 25.4. The van der Waals surface area contributed by atoms with Crippen LogP contribution in [-0.4, -0.2) is 25.7 Å². The van der Waals surface area contributed by atoms with Crippen molar-refractivity contribution in [1.29, 1.82) is 0 Å². The van der Waals surface area contributed by atoms with Gasteiger partial charge in [0.25, 0.3) is 0 Å². The summed E-state index contributed by atoms with van der Waals surface area (Å²) >= 11 is 0. The van der Waals surface area contributed by atoms with Gasteiger partial charge in [0.2, 0.25) is 0 Å². The van der Waals surface area contributed by atoms with Crippen LogP contribution in [0.3, 0.4) is 0 Å². The quantitative estimate of drug-likeness (QED) is 0.180. The molecule has 0 saturated carbocycles. The SMILES string of the molecule is COC(=O)c1ccc2c(c1)c1ccccc1[s+]2-c1ccc(OCC(=O)OC2CCc3ccccc32)cc1. The Labute approximate surface area is 217 Å². The van der Waals surface area contributed by atoms with Gasteiger partial charge >= 0.3 is 11.9 Å². The number of rotatable bonds is 6. The Balaban J connectivity index is 1.21. The molecule has 1 aromatic heterocycles. The van der Waals surface area contributed by atoms with Crippen LogP contribution in [0.15, 0.2) is 91.0 Å². The van der Waals surface area contributed by atoms with Crippen molar-refractivity contribution in [2.45, 2.75) is 18.9 Å². The Hall–Kier alpha value is -4.16. The third-order valence-corrected chi connectivity index (χ3v) is 9.12. The third kappa shape index (κ3) is 4.34. The molecule has 0 aliphatic heterocycles. The molecule has 2 atom stereocenters. The van der Waals surface area contributed by atoms with E-state index in [-0.39, 0.29) is 35.1 Å². The van der Waals surface area contributed by atoms with E-state index in [1.165, 1.54) is 22.1 Å². The molecule has 0 amide bonds. The monoisotopic (exact) mass is 509 g/mol. The minimum atomic E-state index is -0.368. The van der Waals surface area contributed by atoms with E-state index >= 15 is 0 Å². The predicted octanol–water partition coefficient (Wildman–Crippen LogP) is 7.13. The molecule has 0 radical (unpaired) electrons. The molecule has 6 rings (SSSR count). The highest BCUT2D eigenvalue weighted by Crippen LogP contribution is 2.48. The fourth-order valence-electron chi connectivity index (χ4n) is 5.05. The first-order chi connectivity index (χ1) is 18.1. The summed E-state index contributed by atoms with van der Waals surface area (Å²) in [5.41, 5.74) is 2.88. The minimum absolute atomic E-state index is 0.133.